The SMILES string of the molecule is CC(C)(C)Cc1cc(NC(=O)Cc2ccc(C(N)=C(C#N)C(N)=NCC3CCOC3)cc2)on1. The van der Waals surface area contributed by atoms with Crippen molar-refractivity contribution in [2.45, 2.75) is 40.0 Å². The molecule has 1 aromatic carbocycles. The first-order valence-electron chi connectivity index (χ1n) is 11.3. The van der Waals surface area contributed by atoms with Crippen LogP contribution >= 0.6 is 0 Å². The molecule has 0 bridgehead atoms. The van der Waals surface area contributed by atoms with Crippen LogP contribution in [0.3, 0.4) is 0 Å². The highest BCUT2D eigenvalue weighted by atomic mass is 16.5. The molecule has 9 nitrogen and oxygen atoms in total. The number of hydrogen-bond donors (Lipinski definition) is 3. The Morgan fingerprint density at radius 3 is 2.65 bits per heavy atom. The van der Waals surface area contributed by atoms with Gasteiger partial charge in [0.2, 0.25) is 11.8 Å². The van der Waals surface area contributed by atoms with Crippen LogP contribution < -0.4 is 16.8 Å². The first-order valence-corrected chi connectivity index (χ1v) is 11.3. The summed E-state index contributed by atoms with van der Waals surface area (Å²) in [7, 11) is 0. The molecule has 180 valence electrons. The Morgan fingerprint density at radius 1 is 1.29 bits per heavy atom. The number of carbonyl (C=O) groups is 1. The number of amides is 1. The number of rotatable bonds is 8. The minimum absolute atomic E-state index is 0.0725. The van der Waals surface area contributed by atoms with E-state index in [2.05, 4.69) is 42.3 Å². The Balaban J connectivity index is 1.61. The molecule has 0 radical (unpaired) electrons. The van der Waals surface area contributed by atoms with Gasteiger partial charge >= 0.3 is 0 Å². The van der Waals surface area contributed by atoms with Gasteiger partial charge in [-0.2, -0.15) is 5.26 Å². The Morgan fingerprint density at radius 2 is 2.03 bits per heavy atom. The maximum absolute atomic E-state index is 12.4. The van der Waals surface area contributed by atoms with Crippen molar-refractivity contribution in [3.8, 4) is 6.07 Å². The van der Waals surface area contributed by atoms with Crippen LogP contribution in [0, 0.1) is 22.7 Å². The number of ether oxygens (including phenoxy) is 1. The van der Waals surface area contributed by atoms with E-state index >= 15 is 0 Å². The van der Waals surface area contributed by atoms with Crippen molar-refractivity contribution >= 4 is 23.3 Å². The Kier molecular flexibility index (Phi) is 8.08. The fraction of sp³-hybridized carbons (Fsp3) is 0.440. The highest BCUT2D eigenvalue weighted by Crippen LogP contribution is 2.22. The molecule has 1 saturated heterocycles. The second kappa shape index (κ2) is 11.0. The number of aliphatic imine (C=N–C) groups is 1. The van der Waals surface area contributed by atoms with E-state index in [0.29, 0.717) is 30.5 Å². The average Bonchev–Trinajstić information content (AvgIpc) is 3.44. The van der Waals surface area contributed by atoms with Gasteiger partial charge in [0.25, 0.3) is 0 Å². The third kappa shape index (κ3) is 7.18. The van der Waals surface area contributed by atoms with Crippen LogP contribution in [0.15, 0.2) is 45.4 Å². The Hall–Kier alpha value is -3.64. The van der Waals surface area contributed by atoms with Crippen molar-refractivity contribution in [1.29, 1.82) is 5.26 Å². The summed E-state index contributed by atoms with van der Waals surface area (Å²) >= 11 is 0. The first kappa shape index (κ1) is 25.0. The molecule has 0 saturated carbocycles. The molecule has 2 aromatic rings. The number of carbonyl (C=O) groups excluding carboxylic acids is 1. The number of amidine groups is 1. The molecule has 2 heterocycles. The zero-order chi connectivity index (χ0) is 24.7. The lowest BCUT2D eigenvalue weighted by molar-refractivity contribution is -0.115. The minimum atomic E-state index is -0.222. The number of nitrogens with one attached hydrogen (secondary N) is 1. The number of aromatic nitrogens is 1. The predicted octanol–water partition coefficient (Wildman–Crippen LogP) is 3.03. The molecule has 0 spiro atoms. The molecule has 1 aliphatic heterocycles. The van der Waals surface area contributed by atoms with Crippen LogP contribution in [0.4, 0.5) is 5.88 Å². The van der Waals surface area contributed by atoms with Gasteiger partial charge in [-0.15, -0.1) is 0 Å². The monoisotopic (exact) mass is 464 g/mol. The number of nitriles is 1. The lowest BCUT2D eigenvalue weighted by Gasteiger charge is -2.14. The summed E-state index contributed by atoms with van der Waals surface area (Å²) in [5.74, 6) is 0.533. The average molecular weight is 465 g/mol. The van der Waals surface area contributed by atoms with E-state index in [1.54, 1.807) is 30.3 Å². The summed E-state index contributed by atoms with van der Waals surface area (Å²) in [5, 5.41) is 16.3. The van der Waals surface area contributed by atoms with Crippen molar-refractivity contribution in [2.24, 2.45) is 27.8 Å². The van der Waals surface area contributed by atoms with Gasteiger partial charge in [-0.1, -0.05) is 50.2 Å². The summed E-state index contributed by atoms with van der Waals surface area (Å²) < 4.78 is 10.6. The topological polar surface area (TPSA) is 153 Å². The summed E-state index contributed by atoms with van der Waals surface area (Å²) in [5.41, 5.74) is 14.9. The van der Waals surface area contributed by atoms with Gasteiger partial charge in [0.15, 0.2) is 0 Å². The fourth-order valence-electron chi connectivity index (χ4n) is 3.60. The second-order valence-corrected chi connectivity index (χ2v) is 9.70. The first-order chi connectivity index (χ1) is 16.1. The minimum Gasteiger partial charge on any atom is -0.397 e. The van der Waals surface area contributed by atoms with Crippen LogP contribution in [0.5, 0.6) is 0 Å². The Bertz CT molecular complexity index is 1100. The quantitative estimate of drug-likeness (QED) is 0.308. The van der Waals surface area contributed by atoms with Crippen molar-refractivity contribution in [1.82, 2.24) is 5.16 Å². The number of anilines is 1. The van der Waals surface area contributed by atoms with E-state index in [9.17, 15) is 10.1 Å². The lowest BCUT2D eigenvalue weighted by Crippen LogP contribution is -2.20. The van der Waals surface area contributed by atoms with E-state index in [1.165, 1.54) is 0 Å². The van der Waals surface area contributed by atoms with E-state index in [-0.39, 0.29) is 34.8 Å². The van der Waals surface area contributed by atoms with E-state index in [0.717, 1.165) is 30.7 Å². The van der Waals surface area contributed by atoms with Gasteiger partial charge in [0.1, 0.15) is 17.5 Å². The Labute approximate surface area is 199 Å². The maximum Gasteiger partial charge on any atom is 0.231 e. The zero-order valence-electron chi connectivity index (χ0n) is 19.9. The summed E-state index contributed by atoms with van der Waals surface area (Å²) in [6, 6.07) is 10.9. The lowest BCUT2D eigenvalue weighted by atomic mass is 9.91. The number of benzene rings is 1. The van der Waals surface area contributed by atoms with Gasteiger partial charge in [0, 0.05) is 25.1 Å². The molecule has 1 atom stereocenters. The van der Waals surface area contributed by atoms with Crippen molar-refractivity contribution in [2.75, 3.05) is 25.1 Å². The molecule has 1 amide bonds. The third-order valence-corrected chi connectivity index (χ3v) is 5.34. The predicted molar refractivity (Wildman–Crippen MR) is 131 cm³/mol. The van der Waals surface area contributed by atoms with Crippen molar-refractivity contribution < 1.29 is 14.1 Å². The zero-order valence-corrected chi connectivity index (χ0v) is 19.9. The highest BCUT2D eigenvalue weighted by molar-refractivity contribution is 6.07. The third-order valence-electron chi connectivity index (χ3n) is 5.34. The normalized spacial score (nSPS) is 17.2. The van der Waals surface area contributed by atoms with Gasteiger partial charge in [-0.3, -0.25) is 15.1 Å². The molecule has 0 aliphatic carbocycles. The number of hydrogen-bond acceptors (Lipinski definition) is 7. The van der Waals surface area contributed by atoms with Gasteiger partial charge in [-0.05, 0) is 29.4 Å². The molecule has 1 fully saturated rings. The van der Waals surface area contributed by atoms with Crippen molar-refractivity contribution in [3.05, 3.63) is 52.7 Å². The van der Waals surface area contributed by atoms with Crippen LogP contribution in [0.1, 0.15) is 44.0 Å². The van der Waals surface area contributed by atoms with Gasteiger partial charge in [-0.25, -0.2) is 0 Å². The summed E-state index contributed by atoms with van der Waals surface area (Å²) in [6.07, 6.45) is 1.83. The van der Waals surface area contributed by atoms with Crippen LogP contribution in [0.2, 0.25) is 0 Å². The fourth-order valence-corrected chi connectivity index (χ4v) is 3.60. The van der Waals surface area contributed by atoms with Crippen molar-refractivity contribution in [3.63, 3.8) is 0 Å². The molecule has 9 heteroatoms. The smallest absolute Gasteiger partial charge is 0.231 e. The molecule has 1 aromatic heterocycles. The summed E-state index contributed by atoms with van der Waals surface area (Å²) in [4.78, 5) is 16.7. The molecule has 1 aliphatic rings. The van der Waals surface area contributed by atoms with Crippen LogP contribution in [-0.2, 0) is 22.4 Å². The molecule has 34 heavy (non-hydrogen) atoms. The van der Waals surface area contributed by atoms with Gasteiger partial charge < -0.3 is 20.7 Å². The molecule has 5 N–H and O–H groups in total. The molecular formula is C25H32N6O3. The largest absolute Gasteiger partial charge is 0.397 e. The summed E-state index contributed by atoms with van der Waals surface area (Å²) in [6.45, 7) is 8.21. The highest BCUT2D eigenvalue weighted by Gasteiger charge is 2.17. The second-order valence-electron chi connectivity index (χ2n) is 9.70. The molecule has 3 rings (SSSR count). The standard InChI is InChI=1S/C25H32N6O3/c1-25(2,3)12-19-11-22(34-31-19)30-21(32)10-16-4-6-18(7-5-16)23(27)20(13-26)24(28)29-14-17-8-9-33-15-17/h4-7,11,17H,8-10,12,14-15,27H2,1-3H3,(H2,28,29)(H,30,32). The molecular weight excluding hydrogens is 432 g/mol. The van der Waals surface area contributed by atoms with Crippen LogP contribution in [-0.4, -0.2) is 36.7 Å². The van der Waals surface area contributed by atoms with Gasteiger partial charge in [0.05, 0.1) is 24.4 Å². The van der Waals surface area contributed by atoms with E-state index in [4.69, 9.17) is 20.7 Å². The van der Waals surface area contributed by atoms with E-state index in [1.807, 2.05) is 0 Å². The number of nitrogens with two attached hydrogens (primary N) is 2. The van der Waals surface area contributed by atoms with E-state index < -0.39 is 0 Å². The number of nitrogens with zero attached hydrogens (tertiary/aromatic N) is 3. The molecule has 1 unspecified atom stereocenters. The maximum atomic E-state index is 12.4. The van der Waals surface area contributed by atoms with Crippen LogP contribution in [0.25, 0.3) is 5.70 Å².